The Bertz CT molecular complexity index is 668. The zero-order chi connectivity index (χ0) is 15.2. The molecule has 0 saturated carbocycles. The molecule has 21 heavy (non-hydrogen) atoms. The maximum atomic E-state index is 13.0. The van der Waals surface area contributed by atoms with Gasteiger partial charge < -0.3 is 5.32 Å². The van der Waals surface area contributed by atoms with Crippen molar-refractivity contribution < 1.29 is 9.18 Å². The van der Waals surface area contributed by atoms with E-state index in [4.69, 9.17) is 23.8 Å². The molecule has 108 valence electrons. The van der Waals surface area contributed by atoms with Crippen LogP contribution in [0.3, 0.4) is 0 Å². The molecule has 0 spiro atoms. The van der Waals surface area contributed by atoms with Crippen molar-refractivity contribution in [2.45, 2.75) is 0 Å². The summed E-state index contributed by atoms with van der Waals surface area (Å²) in [4.78, 5) is 15.6. The number of thiocarbonyl (C=S) groups is 1. The molecule has 1 amide bonds. The molecule has 1 heterocycles. The molecule has 5 nitrogen and oxygen atoms in total. The van der Waals surface area contributed by atoms with Crippen molar-refractivity contribution in [3.8, 4) is 0 Å². The van der Waals surface area contributed by atoms with Gasteiger partial charge in [0.05, 0.1) is 5.02 Å². The summed E-state index contributed by atoms with van der Waals surface area (Å²) in [5, 5.41) is 2.87. The van der Waals surface area contributed by atoms with Gasteiger partial charge in [0, 0.05) is 23.6 Å². The lowest BCUT2D eigenvalue weighted by Crippen LogP contribution is -2.43. The largest absolute Gasteiger partial charge is 0.331 e. The van der Waals surface area contributed by atoms with Crippen LogP contribution in [0.4, 0.5) is 10.1 Å². The lowest BCUT2D eigenvalue weighted by Gasteiger charge is -2.11. The normalized spacial score (nSPS) is 9.81. The Kier molecular flexibility index (Phi) is 5.02. The van der Waals surface area contributed by atoms with E-state index < -0.39 is 5.82 Å². The van der Waals surface area contributed by atoms with E-state index in [-0.39, 0.29) is 16.0 Å². The third-order valence-electron chi connectivity index (χ3n) is 2.41. The molecule has 0 aliphatic heterocycles. The van der Waals surface area contributed by atoms with E-state index in [1.54, 1.807) is 12.1 Å². The van der Waals surface area contributed by atoms with Crippen molar-refractivity contribution in [2.24, 2.45) is 0 Å². The topological polar surface area (TPSA) is 66.1 Å². The molecule has 2 aromatic rings. The van der Waals surface area contributed by atoms with Crippen LogP contribution in [0.5, 0.6) is 0 Å². The molecular weight excluding hydrogens is 315 g/mol. The number of amides is 1. The van der Waals surface area contributed by atoms with Gasteiger partial charge in [-0.15, -0.1) is 0 Å². The number of hydrogen-bond acceptors (Lipinski definition) is 3. The summed E-state index contributed by atoms with van der Waals surface area (Å²) < 4.78 is 13.0. The Balaban J connectivity index is 1.87. The number of pyridine rings is 1. The first-order valence-electron chi connectivity index (χ1n) is 5.78. The fourth-order valence-corrected chi connectivity index (χ4v) is 1.77. The summed E-state index contributed by atoms with van der Waals surface area (Å²) in [5.74, 6) is -0.884. The molecule has 2 rings (SSSR count). The molecule has 8 heteroatoms. The fourth-order valence-electron chi connectivity index (χ4n) is 1.43. The maximum Gasteiger partial charge on any atom is 0.269 e. The highest BCUT2D eigenvalue weighted by atomic mass is 35.5. The number of carbonyl (C=O) groups excluding carboxylic acids is 1. The number of nitrogens with zero attached hydrogens (tertiary/aromatic N) is 1. The van der Waals surface area contributed by atoms with Gasteiger partial charge in [0.2, 0.25) is 0 Å². The minimum atomic E-state index is -0.521. The summed E-state index contributed by atoms with van der Waals surface area (Å²) >= 11 is 10.6. The number of nitrogens with one attached hydrogen (secondary N) is 3. The number of benzene rings is 1. The molecule has 3 N–H and O–H groups in total. The average Bonchev–Trinajstić information content (AvgIpc) is 2.49. The second kappa shape index (κ2) is 6.96. The third-order valence-corrected chi connectivity index (χ3v) is 2.90. The number of hydrogen-bond donors (Lipinski definition) is 3. The van der Waals surface area contributed by atoms with Gasteiger partial charge in [0.1, 0.15) is 5.82 Å². The van der Waals surface area contributed by atoms with Crippen LogP contribution in [-0.2, 0) is 0 Å². The van der Waals surface area contributed by atoms with Gasteiger partial charge in [0.25, 0.3) is 5.91 Å². The van der Waals surface area contributed by atoms with Crippen LogP contribution in [-0.4, -0.2) is 16.0 Å². The molecule has 0 atom stereocenters. The lowest BCUT2D eigenvalue weighted by atomic mass is 10.3. The zero-order valence-electron chi connectivity index (χ0n) is 10.6. The number of hydrazine groups is 1. The SMILES string of the molecule is O=C(NNC(=S)Nc1ccc(F)c(Cl)c1)c1ccncc1. The van der Waals surface area contributed by atoms with Crippen LogP contribution < -0.4 is 16.2 Å². The highest BCUT2D eigenvalue weighted by Crippen LogP contribution is 2.19. The van der Waals surface area contributed by atoms with Gasteiger partial charge in [0.15, 0.2) is 5.11 Å². The lowest BCUT2D eigenvalue weighted by molar-refractivity contribution is 0.0944. The Labute approximate surface area is 130 Å². The van der Waals surface area contributed by atoms with Gasteiger partial charge in [-0.3, -0.25) is 20.6 Å². The van der Waals surface area contributed by atoms with Crippen LogP contribution in [0, 0.1) is 5.82 Å². The van der Waals surface area contributed by atoms with E-state index in [1.807, 2.05) is 0 Å². The van der Waals surface area contributed by atoms with E-state index in [2.05, 4.69) is 21.2 Å². The van der Waals surface area contributed by atoms with Crippen molar-refractivity contribution >= 4 is 40.5 Å². The molecule has 0 aliphatic carbocycles. The molecule has 0 radical (unpaired) electrons. The van der Waals surface area contributed by atoms with Gasteiger partial charge in [-0.25, -0.2) is 4.39 Å². The van der Waals surface area contributed by atoms with Crippen LogP contribution in [0.2, 0.25) is 5.02 Å². The second-order valence-corrected chi connectivity index (χ2v) is 4.71. The molecule has 1 aromatic heterocycles. The number of carbonyl (C=O) groups is 1. The van der Waals surface area contributed by atoms with Gasteiger partial charge in [-0.05, 0) is 42.5 Å². The van der Waals surface area contributed by atoms with Gasteiger partial charge >= 0.3 is 0 Å². The quantitative estimate of drug-likeness (QED) is 0.585. The molecule has 1 aromatic carbocycles. The Morgan fingerprint density at radius 3 is 2.57 bits per heavy atom. The Morgan fingerprint density at radius 2 is 1.90 bits per heavy atom. The minimum Gasteiger partial charge on any atom is -0.331 e. The van der Waals surface area contributed by atoms with Crippen LogP contribution in [0.1, 0.15) is 10.4 Å². The monoisotopic (exact) mass is 324 g/mol. The average molecular weight is 325 g/mol. The van der Waals surface area contributed by atoms with Gasteiger partial charge in [-0.2, -0.15) is 0 Å². The first-order valence-corrected chi connectivity index (χ1v) is 6.57. The predicted octanol–water partition coefficient (Wildman–Crippen LogP) is 2.51. The summed E-state index contributed by atoms with van der Waals surface area (Å²) in [6.07, 6.45) is 3.01. The van der Waals surface area contributed by atoms with Crippen molar-refractivity contribution in [3.63, 3.8) is 0 Å². The predicted molar refractivity (Wildman–Crippen MR) is 82.5 cm³/mol. The van der Waals surface area contributed by atoms with Gasteiger partial charge in [-0.1, -0.05) is 11.6 Å². The standard InChI is InChI=1S/C13H10ClFN4OS/c14-10-7-9(1-2-11(10)15)17-13(21)19-18-12(20)8-3-5-16-6-4-8/h1-7H,(H,18,20)(H2,17,19,21). The van der Waals surface area contributed by atoms with Crippen molar-refractivity contribution in [1.82, 2.24) is 15.8 Å². The highest BCUT2D eigenvalue weighted by molar-refractivity contribution is 7.80. The third kappa shape index (κ3) is 4.37. The molecule has 0 bridgehead atoms. The van der Waals surface area contributed by atoms with Crippen LogP contribution >= 0.6 is 23.8 Å². The van der Waals surface area contributed by atoms with E-state index in [9.17, 15) is 9.18 Å². The van der Waals surface area contributed by atoms with E-state index >= 15 is 0 Å². The fraction of sp³-hybridized carbons (Fsp3) is 0. The molecular formula is C13H10ClFN4OS. The minimum absolute atomic E-state index is 0.0244. The maximum absolute atomic E-state index is 13.0. The molecule has 0 aliphatic rings. The van der Waals surface area contributed by atoms with Crippen LogP contribution in [0.25, 0.3) is 0 Å². The summed E-state index contributed by atoms with van der Waals surface area (Å²) in [6, 6.07) is 7.19. The molecule has 0 unspecified atom stereocenters. The van der Waals surface area contributed by atoms with Crippen molar-refractivity contribution in [2.75, 3.05) is 5.32 Å². The van der Waals surface area contributed by atoms with Crippen molar-refractivity contribution in [1.29, 1.82) is 0 Å². The number of anilines is 1. The Morgan fingerprint density at radius 1 is 1.19 bits per heavy atom. The second-order valence-electron chi connectivity index (χ2n) is 3.90. The van der Waals surface area contributed by atoms with E-state index in [0.717, 1.165) is 0 Å². The number of halogens is 2. The summed E-state index contributed by atoms with van der Waals surface area (Å²) in [5.41, 5.74) is 5.88. The van der Waals surface area contributed by atoms with E-state index in [0.29, 0.717) is 11.3 Å². The summed E-state index contributed by atoms with van der Waals surface area (Å²) in [7, 11) is 0. The smallest absolute Gasteiger partial charge is 0.269 e. The van der Waals surface area contributed by atoms with Crippen molar-refractivity contribution in [3.05, 3.63) is 59.1 Å². The Hall–Kier alpha value is -2.25. The number of aromatic nitrogens is 1. The highest BCUT2D eigenvalue weighted by Gasteiger charge is 2.06. The molecule has 0 saturated heterocycles. The first kappa shape index (κ1) is 15.1. The first-order chi connectivity index (χ1) is 10.1. The summed E-state index contributed by atoms with van der Waals surface area (Å²) in [6.45, 7) is 0. The molecule has 0 fully saturated rings. The zero-order valence-corrected chi connectivity index (χ0v) is 12.1. The van der Waals surface area contributed by atoms with Crippen LogP contribution in [0.15, 0.2) is 42.7 Å². The van der Waals surface area contributed by atoms with E-state index in [1.165, 1.54) is 30.6 Å². The number of rotatable bonds is 2.